The quantitative estimate of drug-likeness (QED) is 0.652. The zero-order chi connectivity index (χ0) is 10.3. The Labute approximate surface area is 83.7 Å². The summed E-state index contributed by atoms with van der Waals surface area (Å²) in [6.45, 7) is 10.4. The van der Waals surface area contributed by atoms with E-state index in [4.69, 9.17) is 0 Å². The average molecular weight is 186 g/mol. The molecule has 80 valence electrons. The normalized spacial score (nSPS) is 14.1. The van der Waals surface area contributed by atoms with Crippen molar-refractivity contribution in [2.24, 2.45) is 11.8 Å². The molecule has 1 N–H and O–H groups in total. The van der Waals surface area contributed by atoms with E-state index in [0.29, 0.717) is 0 Å². The van der Waals surface area contributed by atoms with Crippen LogP contribution in [0, 0.1) is 11.8 Å². The Kier molecular flexibility index (Phi) is 7.29. The van der Waals surface area contributed by atoms with E-state index < -0.39 is 0 Å². The SMILES string of the molecule is CCC(CNC)CN(C)CC(C)C. The molecule has 0 saturated heterocycles. The predicted molar refractivity (Wildman–Crippen MR) is 60.0 cm³/mol. The van der Waals surface area contributed by atoms with Gasteiger partial charge in [0.25, 0.3) is 0 Å². The van der Waals surface area contributed by atoms with Gasteiger partial charge in [-0.15, -0.1) is 0 Å². The predicted octanol–water partition coefficient (Wildman–Crippen LogP) is 1.82. The van der Waals surface area contributed by atoms with Crippen LogP contribution in [0.25, 0.3) is 0 Å². The van der Waals surface area contributed by atoms with Crippen molar-refractivity contribution in [2.75, 3.05) is 33.7 Å². The topological polar surface area (TPSA) is 15.3 Å². The Hall–Kier alpha value is -0.0800. The summed E-state index contributed by atoms with van der Waals surface area (Å²) in [7, 11) is 4.25. The van der Waals surface area contributed by atoms with Crippen LogP contribution in [0.15, 0.2) is 0 Å². The molecule has 0 amide bonds. The molecule has 13 heavy (non-hydrogen) atoms. The van der Waals surface area contributed by atoms with Gasteiger partial charge in [0, 0.05) is 13.1 Å². The molecule has 0 fully saturated rings. The van der Waals surface area contributed by atoms with Crippen molar-refractivity contribution in [3.63, 3.8) is 0 Å². The van der Waals surface area contributed by atoms with Gasteiger partial charge in [-0.05, 0) is 32.5 Å². The number of rotatable bonds is 7. The van der Waals surface area contributed by atoms with E-state index in [2.05, 4.69) is 38.0 Å². The fraction of sp³-hybridized carbons (Fsp3) is 1.00. The molecule has 0 heterocycles. The smallest absolute Gasteiger partial charge is 0.00187 e. The monoisotopic (exact) mass is 186 g/mol. The van der Waals surface area contributed by atoms with Crippen LogP contribution < -0.4 is 5.32 Å². The number of nitrogens with one attached hydrogen (secondary N) is 1. The molecule has 2 heteroatoms. The van der Waals surface area contributed by atoms with E-state index in [1.165, 1.54) is 19.5 Å². The number of nitrogens with zero attached hydrogens (tertiary/aromatic N) is 1. The van der Waals surface area contributed by atoms with Gasteiger partial charge < -0.3 is 10.2 Å². The summed E-state index contributed by atoms with van der Waals surface area (Å²) in [4.78, 5) is 2.44. The van der Waals surface area contributed by atoms with Crippen LogP contribution in [-0.2, 0) is 0 Å². The number of hydrogen-bond donors (Lipinski definition) is 1. The fourth-order valence-corrected chi connectivity index (χ4v) is 1.77. The van der Waals surface area contributed by atoms with Crippen molar-refractivity contribution in [3.8, 4) is 0 Å². The second kappa shape index (κ2) is 7.34. The maximum atomic E-state index is 3.25. The van der Waals surface area contributed by atoms with Gasteiger partial charge in [-0.25, -0.2) is 0 Å². The molecule has 1 atom stereocenters. The molecule has 0 radical (unpaired) electrons. The lowest BCUT2D eigenvalue weighted by Gasteiger charge is -2.24. The second-order valence-electron chi connectivity index (χ2n) is 4.45. The molecule has 0 aliphatic rings. The van der Waals surface area contributed by atoms with E-state index in [0.717, 1.165) is 18.4 Å². The van der Waals surface area contributed by atoms with Gasteiger partial charge in [0.1, 0.15) is 0 Å². The highest BCUT2D eigenvalue weighted by molar-refractivity contribution is 4.64. The molecule has 0 aliphatic heterocycles. The van der Waals surface area contributed by atoms with Crippen LogP contribution in [-0.4, -0.2) is 38.6 Å². The molecule has 0 bridgehead atoms. The summed E-state index contributed by atoms with van der Waals surface area (Å²) in [5.74, 6) is 1.57. The first-order valence-corrected chi connectivity index (χ1v) is 5.43. The summed E-state index contributed by atoms with van der Waals surface area (Å²) in [6.07, 6.45) is 1.27. The first kappa shape index (κ1) is 12.9. The Morgan fingerprint density at radius 3 is 2.23 bits per heavy atom. The minimum Gasteiger partial charge on any atom is -0.319 e. The molecule has 2 nitrogen and oxygen atoms in total. The van der Waals surface area contributed by atoms with Gasteiger partial charge in [-0.2, -0.15) is 0 Å². The molecule has 0 aliphatic carbocycles. The Morgan fingerprint density at radius 2 is 1.85 bits per heavy atom. The highest BCUT2D eigenvalue weighted by Gasteiger charge is 2.09. The molecule has 1 unspecified atom stereocenters. The Balaban J connectivity index is 3.65. The van der Waals surface area contributed by atoms with Crippen molar-refractivity contribution in [1.82, 2.24) is 10.2 Å². The molecule has 0 aromatic rings. The minimum absolute atomic E-state index is 0.775. The zero-order valence-corrected chi connectivity index (χ0v) is 9.93. The summed E-state index contributed by atoms with van der Waals surface area (Å²) in [5, 5.41) is 3.25. The largest absolute Gasteiger partial charge is 0.319 e. The van der Waals surface area contributed by atoms with Crippen LogP contribution in [0.5, 0.6) is 0 Å². The highest BCUT2D eigenvalue weighted by atomic mass is 15.1. The van der Waals surface area contributed by atoms with Gasteiger partial charge in [-0.1, -0.05) is 27.2 Å². The van der Waals surface area contributed by atoms with Crippen LogP contribution in [0.2, 0.25) is 0 Å². The van der Waals surface area contributed by atoms with Crippen molar-refractivity contribution < 1.29 is 0 Å². The van der Waals surface area contributed by atoms with Crippen molar-refractivity contribution in [3.05, 3.63) is 0 Å². The summed E-state index contributed by atoms with van der Waals surface area (Å²) in [5.41, 5.74) is 0. The van der Waals surface area contributed by atoms with E-state index in [1.807, 2.05) is 7.05 Å². The van der Waals surface area contributed by atoms with Gasteiger partial charge in [0.05, 0.1) is 0 Å². The first-order chi connectivity index (χ1) is 6.10. The molecule has 0 aromatic carbocycles. The second-order valence-corrected chi connectivity index (χ2v) is 4.45. The third kappa shape index (κ3) is 7.03. The zero-order valence-electron chi connectivity index (χ0n) is 9.93. The minimum atomic E-state index is 0.775. The van der Waals surface area contributed by atoms with Crippen LogP contribution in [0.3, 0.4) is 0 Å². The molecule has 0 aromatic heterocycles. The average Bonchev–Trinajstić information content (AvgIpc) is 2.02. The molecular formula is C11H26N2. The van der Waals surface area contributed by atoms with Gasteiger partial charge in [0.2, 0.25) is 0 Å². The third-order valence-corrected chi connectivity index (χ3v) is 2.32. The van der Waals surface area contributed by atoms with E-state index in [1.54, 1.807) is 0 Å². The third-order valence-electron chi connectivity index (χ3n) is 2.32. The van der Waals surface area contributed by atoms with Gasteiger partial charge >= 0.3 is 0 Å². The fourth-order valence-electron chi connectivity index (χ4n) is 1.77. The van der Waals surface area contributed by atoms with Crippen LogP contribution in [0.4, 0.5) is 0 Å². The lowest BCUT2D eigenvalue weighted by molar-refractivity contribution is 0.244. The number of hydrogen-bond acceptors (Lipinski definition) is 2. The maximum Gasteiger partial charge on any atom is 0.00187 e. The van der Waals surface area contributed by atoms with Gasteiger partial charge in [-0.3, -0.25) is 0 Å². The molecular weight excluding hydrogens is 160 g/mol. The Bertz CT molecular complexity index is 113. The van der Waals surface area contributed by atoms with Crippen LogP contribution in [0.1, 0.15) is 27.2 Å². The highest BCUT2D eigenvalue weighted by Crippen LogP contribution is 2.05. The Morgan fingerprint density at radius 1 is 1.23 bits per heavy atom. The van der Waals surface area contributed by atoms with E-state index in [-0.39, 0.29) is 0 Å². The first-order valence-electron chi connectivity index (χ1n) is 5.43. The summed E-state index contributed by atoms with van der Waals surface area (Å²) in [6, 6.07) is 0. The van der Waals surface area contributed by atoms with Gasteiger partial charge in [0.15, 0.2) is 0 Å². The van der Waals surface area contributed by atoms with Crippen molar-refractivity contribution >= 4 is 0 Å². The summed E-state index contributed by atoms with van der Waals surface area (Å²) >= 11 is 0. The standard InChI is InChI=1S/C11H26N2/c1-6-11(7-12-4)9-13(5)8-10(2)3/h10-12H,6-9H2,1-5H3. The lowest BCUT2D eigenvalue weighted by Crippen LogP contribution is -2.33. The van der Waals surface area contributed by atoms with Crippen molar-refractivity contribution in [2.45, 2.75) is 27.2 Å². The molecule has 0 spiro atoms. The lowest BCUT2D eigenvalue weighted by atomic mass is 10.1. The van der Waals surface area contributed by atoms with E-state index >= 15 is 0 Å². The van der Waals surface area contributed by atoms with E-state index in [9.17, 15) is 0 Å². The van der Waals surface area contributed by atoms with Crippen LogP contribution >= 0.6 is 0 Å². The van der Waals surface area contributed by atoms with Crippen molar-refractivity contribution in [1.29, 1.82) is 0 Å². The molecule has 0 saturated carbocycles. The summed E-state index contributed by atoms with van der Waals surface area (Å²) < 4.78 is 0. The molecule has 0 rings (SSSR count). The maximum absolute atomic E-state index is 3.25.